The molecule has 3 saturated carbocycles. The Hall–Kier alpha value is -0.780. The molecule has 10 unspecified atom stereocenters. The molecule has 0 saturated heterocycles. The van der Waals surface area contributed by atoms with Gasteiger partial charge in [-0.05, 0) is 120 Å². The summed E-state index contributed by atoms with van der Waals surface area (Å²) >= 11 is 0. The smallest absolute Gasteiger partial charge is 0.0121 e. The van der Waals surface area contributed by atoms with Gasteiger partial charge in [0.25, 0.3) is 0 Å². The highest BCUT2D eigenvalue weighted by Crippen LogP contribution is 2.60. The van der Waals surface area contributed by atoms with Crippen LogP contribution in [0, 0.1) is 69.0 Å². The average molecular weight is 607 g/mol. The van der Waals surface area contributed by atoms with Crippen LogP contribution in [0.5, 0.6) is 0 Å². The lowest BCUT2D eigenvalue weighted by atomic mass is 9.50. The molecule has 44 heavy (non-hydrogen) atoms. The summed E-state index contributed by atoms with van der Waals surface area (Å²) in [4.78, 5) is 0. The van der Waals surface area contributed by atoms with Gasteiger partial charge in [0.05, 0.1) is 0 Å². The number of hydrogen-bond donors (Lipinski definition) is 0. The Morgan fingerprint density at radius 2 is 1.07 bits per heavy atom. The summed E-state index contributed by atoms with van der Waals surface area (Å²) in [7, 11) is 0. The molecule has 0 spiro atoms. The van der Waals surface area contributed by atoms with Gasteiger partial charge in [-0.15, -0.1) is 6.58 Å². The second-order valence-electron chi connectivity index (χ2n) is 18.6. The van der Waals surface area contributed by atoms with Crippen LogP contribution in [0.25, 0.3) is 0 Å². The normalized spacial score (nSPS) is 32.2. The first-order chi connectivity index (χ1) is 20.5. The van der Waals surface area contributed by atoms with Crippen molar-refractivity contribution in [1.82, 2.24) is 0 Å². The van der Waals surface area contributed by atoms with Crippen molar-refractivity contribution in [3.05, 3.63) is 37.0 Å². The Morgan fingerprint density at radius 3 is 1.50 bits per heavy atom. The van der Waals surface area contributed by atoms with Crippen molar-refractivity contribution in [3.8, 4) is 0 Å². The molecule has 0 aromatic heterocycles. The minimum absolute atomic E-state index is 0.240. The topological polar surface area (TPSA) is 0 Å². The molecule has 3 aliphatic carbocycles. The van der Waals surface area contributed by atoms with E-state index in [0.717, 1.165) is 23.7 Å². The van der Waals surface area contributed by atoms with E-state index < -0.39 is 0 Å². The molecule has 3 fully saturated rings. The van der Waals surface area contributed by atoms with Crippen molar-refractivity contribution >= 4 is 0 Å². The van der Waals surface area contributed by atoms with Gasteiger partial charge in [0.2, 0.25) is 0 Å². The summed E-state index contributed by atoms with van der Waals surface area (Å²) in [5.74, 6) is 5.83. The van der Waals surface area contributed by atoms with Crippen LogP contribution in [0.1, 0.15) is 172 Å². The summed E-state index contributed by atoms with van der Waals surface area (Å²) in [6, 6.07) is 0. The van der Waals surface area contributed by atoms with Gasteiger partial charge in [0.15, 0.2) is 0 Å². The van der Waals surface area contributed by atoms with E-state index in [1.165, 1.54) is 96.3 Å². The van der Waals surface area contributed by atoms with Crippen LogP contribution in [0.15, 0.2) is 37.0 Å². The third-order valence-corrected chi connectivity index (χ3v) is 16.0. The molecular weight excluding hydrogens is 528 g/mol. The zero-order valence-electron chi connectivity index (χ0n) is 31.9. The number of rotatable bonds is 16. The van der Waals surface area contributed by atoms with Gasteiger partial charge in [0, 0.05) is 0 Å². The minimum Gasteiger partial charge on any atom is -0.103 e. The minimum atomic E-state index is 0.240. The van der Waals surface area contributed by atoms with E-state index in [9.17, 15) is 0 Å². The molecule has 10 atom stereocenters. The molecule has 3 aliphatic rings. The largest absolute Gasteiger partial charge is 0.103 e. The third kappa shape index (κ3) is 8.01. The highest BCUT2D eigenvalue weighted by Gasteiger charge is 2.50. The lowest BCUT2D eigenvalue weighted by Crippen LogP contribution is -2.45. The maximum atomic E-state index is 4.93. The molecule has 0 heterocycles. The Bertz CT molecular complexity index is 963. The Balaban J connectivity index is 1.63. The SMILES string of the molecule is C=CC(C)(CCCC(C)C(C)(C)CC)C1CCC2C(=C)C3CC(C(C)(CC)CCCC(C)C(C)(C)CC)CCC3C(=C)C2C1. The van der Waals surface area contributed by atoms with Crippen LogP contribution in [0.3, 0.4) is 0 Å². The van der Waals surface area contributed by atoms with Crippen molar-refractivity contribution in [1.29, 1.82) is 0 Å². The summed E-state index contributed by atoms with van der Waals surface area (Å²) in [5, 5.41) is 0. The van der Waals surface area contributed by atoms with Gasteiger partial charge in [-0.2, -0.15) is 0 Å². The highest BCUT2D eigenvalue weighted by atomic mass is 14.5. The van der Waals surface area contributed by atoms with Crippen molar-refractivity contribution in [2.45, 2.75) is 172 Å². The second-order valence-corrected chi connectivity index (χ2v) is 18.6. The van der Waals surface area contributed by atoms with Crippen molar-refractivity contribution in [2.75, 3.05) is 0 Å². The maximum Gasteiger partial charge on any atom is -0.0121 e. The Labute approximate surface area is 277 Å². The second kappa shape index (κ2) is 15.0. The van der Waals surface area contributed by atoms with E-state index >= 15 is 0 Å². The fourth-order valence-electron chi connectivity index (χ4n) is 10.1. The van der Waals surface area contributed by atoms with E-state index in [0.29, 0.717) is 39.9 Å². The molecule has 0 nitrogen and oxygen atoms in total. The van der Waals surface area contributed by atoms with E-state index in [4.69, 9.17) is 13.2 Å². The van der Waals surface area contributed by atoms with Crippen LogP contribution in [0.4, 0.5) is 0 Å². The summed E-state index contributed by atoms with van der Waals surface area (Å²) in [6.07, 6.45) is 22.4. The predicted octanol–water partition coefficient (Wildman–Crippen LogP) is 14.3. The summed E-state index contributed by atoms with van der Waals surface area (Å²) < 4.78 is 0. The first-order valence-corrected chi connectivity index (χ1v) is 19.5. The molecule has 0 amide bonds. The van der Waals surface area contributed by atoms with Crippen molar-refractivity contribution in [2.24, 2.45) is 69.0 Å². The fourth-order valence-corrected chi connectivity index (χ4v) is 10.1. The van der Waals surface area contributed by atoms with Gasteiger partial charge in [-0.1, -0.05) is 151 Å². The molecule has 0 heteroatoms. The zero-order valence-corrected chi connectivity index (χ0v) is 31.9. The monoisotopic (exact) mass is 607 g/mol. The fraction of sp³-hybridized carbons (Fsp3) is 0.864. The number of fused-ring (bicyclic) bond motifs is 2. The van der Waals surface area contributed by atoms with Crippen molar-refractivity contribution < 1.29 is 0 Å². The van der Waals surface area contributed by atoms with Crippen LogP contribution >= 0.6 is 0 Å². The van der Waals surface area contributed by atoms with Gasteiger partial charge in [0.1, 0.15) is 0 Å². The quantitative estimate of drug-likeness (QED) is 0.153. The van der Waals surface area contributed by atoms with E-state index in [1.807, 2.05) is 0 Å². The van der Waals surface area contributed by atoms with Gasteiger partial charge in [-0.3, -0.25) is 0 Å². The molecule has 0 aliphatic heterocycles. The van der Waals surface area contributed by atoms with Crippen LogP contribution in [-0.4, -0.2) is 0 Å². The predicted molar refractivity (Wildman–Crippen MR) is 198 cm³/mol. The lowest BCUT2D eigenvalue weighted by Gasteiger charge is -2.55. The van der Waals surface area contributed by atoms with Crippen LogP contribution in [0.2, 0.25) is 0 Å². The van der Waals surface area contributed by atoms with E-state index in [-0.39, 0.29) is 5.41 Å². The molecular formula is C44H78. The number of hydrogen-bond acceptors (Lipinski definition) is 0. The maximum absolute atomic E-state index is 4.93. The zero-order chi connectivity index (χ0) is 33.1. The van der Waals surface area contributed by atoms with Crippen LogP contribution < -0.4 is 0 Å². The molecule has 254 valence electrons. The lowest BCUT2D eigenvalue weighted by molar-refractivity contribution is 0.0434. The molecule has 0 aromatic rings. The van der Waals surface area contributed by atoms with E-state index in [2.05, 4.69) is 88.8 Å². The number of allylic oxidation sites excluding steroid dienone is 3. The molecule has 0 aromatic carbocycles. The third-order valence-electron chi connectivity index (χ3n) is 16.0. The van der Waals surface area contributed by atoms with E-state index in [1.54, 1.807) is 11.1 Å². The molecule has 0 radical (unpaired) electrons. The van der Waals surface area contributed by atoms with Gasteiger partial charge in [-0.25, -0.2) is 0 Å². The Morgan fingerprint density at radius 1 is 0.636 bits per heavy atom. The van der Waals surface area contributed by atoms with Crippen LogP contribution in [-0.2, 0) is 0 Å². The van der Waals surface area contributed by atoms with Crippen molar-refractivity contribution in [3.63, 3.8) is 0 Å². The first kappa shape index (κ1) is 37.7. The standard InChI is InChI=1S/C44H78/c1-15-41(9,10)31(5)21-19-27-43(13,17-3)35-23-25-37-34(8)40-30-36(24-26-38(40)33(7)39(37)29-35)44(14,18-4)28-20-22-32(6)42(11,12)16-2/h17,31-32,35-40H,3,7-8,15-16,18-30H2,1-2,4-6,9-14H3. The first-order valence-electron chi connectivity index (χ1n) is 19.5. The molecule has 0 bridgehead atoms. The van der Waals surface area contributed by atoms with Gasteiger partial charge >= 0.3 is 0 Å². The molecule has 3 rings (SSSR count). The Kier molecular flexibility index (Phi) is 12.8. The van der Waals surface area contributed by atoms with Gasteiger partial charge < -0.3 is 0 Å². The summed E-state index contributed by atoms with van der Waals surface area (Å²) in [6.45, 7) is 41.4. The summed E-state index contributed by atoms with van der Waals surface area (Å²) in [5.41, 5.74) is 4.86. The average Bonchev–Trinajstić information content (AvgIpc) is 3.02. The highest BCUT2D eigenvalue weighted by molar-refractivity contribution is 5.29. The molecule has 0 N–H and O–H groups in total.